The zero-order chi connectivity index (χ0) is 15.5. The minimum atomic E-state index is -0.476. The molecule has 2 unspecified atom stereocenters. The largest absolute Gasteiger partial charge is 0.353 e. The maximum Gasteiger partial charge on any atom is 0.191 e. The van der Waals surface area contributed by atoms with E-state index in [0.29, 0.717) is 18.9 Å². The lowest BCUT2D eigenvalue weighted by molar-refractivity contribution is 0.553. The Morgan fingerprint density at radius 1 is 1.26 bits per heavy atom. The van der Waals surface area contributed by atoms with Gasteiger partial charge < -0.3 is 10.6 Å². The molecule has 0 aliphatic heterocycles. The molecule has 1 aliphatic carbocycles. The van der Waals surface area contributed by atoms with Crippen LogP contribution in [0.5, 0.6) is 0 Å². The van der Waals surface area contributed by atoms with Crippen molar-refractivity contribution in [2.24, 2.45) is 4.99 Å². The van der Waals surface area contributed by atoms with E-state index in [2.05, 4.69) is 15.6 Å². The Labute approximate surface area is 155 Å². The lowest BCUT2D eigenvalue weighted by Crippen LogP contribution is -2.38. The van der Waals surface area contributed by atoms with Crippen LogP contribution < -0.4 is 10.6 Å². The van der Waals surface area contributed by atoms with Gasteiger partial charge in [-0.3, -0.25) is 4.99 Å². The Bertz CT molecular complexity index is 656. The van der Waals surface area contributed by atoms with E-state index in [0.717, 1.165) is 0 Å². The van der Waals surface area contributed by atoms with Gasteiger partial charge in [0.25, 0.3) is 0 Å². The fourth-order valence-corrected chi connectivity index (χ4v) is 3.14. The Hall–Kier alpha value is -1.22. The highest BCUT2D eigenvalue weighted by atomic mass is 127. The van der Waals surface area contributed by atoms with Crippen LogP contribution in [0.4, 0.5) is 8.78 Å². The lowest BCUT2D eigenvalue weighted by Gasteiger charge is -2.11. The molecule has 0 spiro atoms. The van der Waals surface area contributed by atoms with Gasteiger partial charge in [-0.15, -0.1) is 35.3 Å². The molecule has 1 fully saturated rings. The van der Waals surface area contributed by atoms with Crippen molar-refractivity contribution in [3.05, 3.63) is 57.8 Å². The van der Waals surface area contributed by atoms with Gasteiger partial charge in [0.2, 0.25) is 0 Å². The van der Waals surface area contributed by atoms with Crippen LogP contribution in [0.25, 0.3) is 0 Å². The second kappa shape index (κ2) is 8.05. The molecule has 1 saturated carbocycles. The Kier molecular flexibility index (Phi) is 6.34. The molecule has 2 aromatic rings. The van der Waals surface area contributed by atoms with Gasteiger partial charge in [0.05, 0.1) is 6.54 Å². The summed E-state index contributed by atoms with van der Waals surface area (Å²) in [7, 11) is 1.69. The molecule has 23 heavy (non-hydrogen) atoms. The van der Waals surface area contributed by atoms with Crippen molar-refractivity contribution in [3.63, 3.8) is 0 Å². The summed E-state index contributed by atoms with van der Waals surface area (Å²) in [5.74, 6) is -0.439. The van der Waals surface area contributed by atoms with E-state index < -0.39 is 11.6 Å². The number of halogens is 3. The monoisotopic (exact) mass is 449 g/mol. The smallest absolute Gasteiger partial charge is 0.191 e. The summed E-state index contributed by atoms with van der Waals surface area (Å²) in [6.07, 6.45) is 0.706. The number of hydrogen-bond acceptors (Lipinski definition) is 2. The van der Waals surface area contributed by atoms with E-state index in [-0.39, 0.29) is 41.5 Å². The minimum absolute atomic E-state index is 0. The summed E-state index contributed by atoms with van der Waals surface area (Å²) < 4.78 is 27.5. The third-order valence-corrected chi connectivity index (χ3v) is 4.59. The van der Waals surface area contributed by atoms with Crippen molar-refractivity contribution < 1.29 is 8.78 Å². The van der Waals surface area contributed by atoms with E-state index in [1.165, 1.54) is 23.1 Å². The number of nitrogens with zero attached hydrogens (tertiary/aromatic N) is 1. The third kappa shape index (κ3) is 4.41. The Balaban J connectivity index is 0.00000192. The van der Waals surface area contributed by atoms with Gasteiger partial charge in [0, 0.05) is 29.4 Å². The van der Waals surface area contributed by atoms with Gasteiger partial charge in [-0.25, -0.2) is 8.78 Å². The van der Waals surface area contributed by atoms with Crippen molar-refractivity contribution in [2.75, 3.05) is 7.05 Å². The first-order chi connectivity index (χ1) is 10.7. The minimum Gasteiger partial charge on any atom is -0.353 e. The van der Waals surface area contributed by atoms with Crippen LogP contribution in [0.15, 0.2) is 40.7 Å². The first-order valence-corrected chi connectivity index (χ1v) is 8.00. The fourth-order valence-electron chi connectivity index (χ4n) is 2.49. The van der Waals surface area contributed by atoms with Gasteiger partial charge >= 0.3 is 0 Å². The number of benzene rings is 1. The number of aliphatic imine (C=N–C) groups is 1. The average molecular weight is 449 g/mol. The number of nitrogens with one attached hydrogen (secondary N) is 2. The second-order valence-corrected chi connectivity index (χ2v) is 6.27. The Morgan fingerprint density at radius 3 is 2.61 bits per heavy atom. The number of guanidine groups is 1. The molecule has 1 heterocycles. The number of hydrogen-bond donors (Lipinski definition) is 2. The van der Waals surface area contributed by atoms with Gasteiger partial charge in [-0.05, 0) is 30.0 Å². The van der Waals surface area contributed by atoms with Gasteiger partial charge in [0.1, 0.15) is 11.6 Å². The highest BCUT2D eigenvalue weighted by Crippen LogP contribution is 2.43. The summed E-state index contributed by atoms with van der Waals surface area (Å²) in [6.45, 7) is 0.683. The SMILES string of the molecule is CN=C(NCc1cccs1)NC1CC1c1c(F)cccc1F.I. The zero-order valence-electron chi connectivity index (χ0n) is 12.6. The summed E-state index contributed by atoms with van der Waals surface area (Å²) in [5.41, 5.74) is 0.175. The topological polar surface area (TPSA) is 36.4 Å². The standard InChI is InChI=1S/C16H17F2N3S.HI/c1-19-16(20-9-10-4-3-7-22-10)21-14-8-11(14)15-12(17)5-2-6-13(15)18;/h2-7,11,14H,8-9H2,1H3,(H2,19,20,21);1H. The fraction of sp³-hybridized carbons (Fsp3) is 0.312. The van der Waals surface area contributed by atoms with Crippen LogP contribution in [0.3, 0.4) is 0 Å². The van der Waals surface area contributed by atoms with Crippen LogP contribution in [-0.2, 0) is 6.54 Å². The Morgan fingerprint density at radius 2 is 2.00 bits per heavy atom. The molecule has 3 nitrogen and oxygen atoms in total. The third-order valence-electron chi connectivity index (χ3n) is 3.72. The molecule has 0 amide bonds. The van der Waals surface area contributed by atoms with E-state index >= 15 is 0 Å². The summed E-state index contributed by atoms with van der Waals surface area (Å²) in [4.78, 5) is 5.36. The predicted molar refractivity (Wildman–Crippen MR) is 101 cm³/mol. The van der Waals surface area contributed by atoms with E-state index in [1.54, 1.807) is 18.4 Å². The van der Waals surface area contributed by atoms with Crippen molar-refractivity contribution in [1.29, 1.82) is 0 Å². The van der Waals surface area contributed by atoms with Crippen molar-refractivity contribution in [3.8, 4) is 0 Å². The first kappa shape index (κ1) is 18.1. The molecule has 0 bridgehead atoms. The molecule has 1 aromatic heterocycles. The molecule has 2 N–H and O–H groups in total. The molecule has 1 aromatic carbocycles. The molecule has 3 rings (SSSR count). The van der Waals surface area contributed by atoms with Crippen LogP contribution in [-0.4, -0.2) is 19.0 Å². The van der Waals surface area contributed by atoms with Crippen molar-refractivity contribution in [2.45, 2.75) is 24.9 Å². The normalized spacial score (nSPS) is 19.9. The molecule has 0 radical (unpaired) electrons. The van der Waals surface area contributed by atoms with Crippen LogP contribution in [0.1, 0.15) is 22.8 Å². The van der Waals surface area contributed by atoms with Crippen LogP contribution >= 0.6 is 35.3 Å². The number of rotatable bonds is 4. The quantitative estimate of drug-likeness (QED) is 0.423. The van der Waals surface area contributed by atoms with Gasteiger partial charge in [-0.1, -0.05) is 12.1 Å². The van der Waals surface area contributed by atoms with Crippen LogP contribution in [0, 0.1) is 11.6 Å². The highest BCUT2D eigenvalue weighted by Gasteiger charge is 2.42. The summed E-state index contributed by atoms with van der Waals surface area (Å²) >= 11 is 1.67. The average Bonchev–Trinajstić information content (AvgIpc) is 3.04. The molecular weight excluding hydrogens is 431 g/mol. The zero-order valence-corrected chi connectivity index (χ0v) is 15.7. The molecule has 2 atom stereocenters. The van der Waals surface area contributed by atoms with Gasteiger partial charge in [0.15, 0.2) is 5.96 Å². The number of thiophene rings is 1. The van der Waals surface area contributed by atoms with E-state index in [4.69, 9.17) is 0 Å². The van der Waals surface area contributed by atoms with Crippen molar-refractivity contribution >= 4 is 41.3 Å². The van der Waals surface area contributed by atoms with E-state index in [9.17, 15) is 8.78 Å². The highest BCUT2D eigenvalue weighted by molar-refractivity contribution is 14.0. The molecule has 0 saturated heterocycles. The van der Waals surface area contributed by atoms with E-state index in [1.807, 2.05) is 17.5 Å². The van der Waals surface area contributed by atoms with Gasteiger partial charge in [-0.2, -0.15) is 0 Å². The van der Waals surface area contributed by atoms with Crippen LogP contribution in [0.2, 0.25) is 0 Å². The summed E-state index contributed by atoms with van der Waals surface area (Å²) in [6, 6.07) is 8.05. The molecule has 7 heteroatoms. The predicted octanol–water partition coefficient (Wildman–Crippen LogP) is 3.87. The molecule has 1 aliphatic rings. The maximum atomic E-state index is 13.8. The lowest BCUT2D eigenvalue weighted by atomic mass is 10.1. The second-order valence-electron chi connectivity index (χ2n) is 5.23. The summed E-state index contributed by atoms with van der Waals surface area (Å²) in [5, 5.41) is 8.44. The maximum absolute atomic E-state index is 13.8. The first-order valence-electron chi connectivity index (χ1n) is 7.12. The molecular formula is C16H18F2IN3S. The molecule has 124 valence electrons. The van der Waals surface area contributed by atoms with Crippen molar-refractivity contribution in [1.82, 2.24) is 10.6 Å².